The number of amides is 2. The molecule has 3 heterocycles. The molecule has 2 aliphatic heterocycles. The van der Waals surface area contributed by atoms with Gasteiger partial charge in [0.2, 0.25) is 10.0 Å². The van der Waals surface area contributed by atoms with Crippen LogP contribution in [0.3, 0.4) is 0 Å². The van der Waals surface area contributed by atoms with Crippen LogP contribution in [0.4, 0.5) is 10.6 Å². The predicted octanol–water partition coefficient (Wildman–Crippen LogP) is 1.59. The van der Waals surface area contributed by atoms with E-state index in [1.165, 1.54) is 30.9 Å². The summed E-state index contributed by atoms with van der Waals surface area (Å²) in [6.45, 7) is 4.41. The highest BCUT2D eigenvalue weighted by molar-refractivity contribution is 7.89. The highest BCUT2D eigenvalue weighted by Crippen LogP contribution is 2.32. The summed E-state index contributed by atoms with van der Waals surface area (Å²) in [5.41, 5.74) is 1.32. The van der Waals surface area contributed by atoms with Gasteiger partial charge in [0.15, 0.2) is 0 Å². The summed E-state index contributed by atoms with van der Waals surface area (Å²) in [5.74, 6) is 1.31. The Balaban J connectivity index is 1.30. The number of aromatic nitrogens is 1. The normalized spacial score (nSPS) is 21.9. The highest BCUT2D eigenvalue weighted by Gasteiger charge is 2.41. The number of hydrogen-bond acceptors (Lipinski definition) is 5. The molecule has 2 amide bonds. The molecule has 29 heavy (non-hydrogen) atoms. The molecule has 154 valence electrons. The first kappa shape index (κ1) is 19.8. The molecule has 0 bridgehead atoms. The Morgan fingerprint density at radius 1 is 1.07 bits per heavy atom. The molecule has 9 heteroatoms. The van der Waals surface area contributed by atoms with Crippen LogP contribution in [0.5, 0.6) is 0 Å². The van der Waals surface area contributed by atoms with E-state index in [4.69, 9.17) is 0 Å². The van der Waals surface area contributed by atoms with Gasteiger partial charge in [0.05, 0.1) is 0 Å². The van der Waals surface area contributed by atoms with Gasteiger partial charge in [-0.05, 0) is 36.6 Å². The van der Waals surface area contributed by atoms with E-state index in [1.54, 1.807) is 0 Å². The summed E-state index contributed by atoms with van der Waals surface area (Å²) in [6, 6.07) is 13.2. The minimum Gasteiger partial charge on any atom is -0.324 e. The molecule has 0 aliphatic carbocycles. The molecule has 0 unspecified atom stereocenters. The van der Waals surface area contributed by atoms with Crippen LogP contribution in [0, 0.1) is 11.8 Å². The van der Waals surface area contributed by atoms with E-state index >= 15 is 0 Å². The summed E-state index contributed by atoms with van der Waals surface area (Å²) in [5, 5.41) is 2.77. The summed E-state index contributed by atoms with van der Waals surface area (Å²) < 4.78 is 25.7. The van der Waals surface area contributed by atoms with Crippen LogP contribution >= 0.6 is 0 Å². The third kappa shape index (κ3) is 4.42. The maximum atomic E-state index is 12.6. The zero-order valence-electron chi connectivity index (χ0n) is 16.3. The van der Waals surface area contributed by atoms with Crippen molar-refractivity contribution in [2.45, 2.75) is 11.4 Å². The lowest BCUT2D eigenvalue weighted by Gasteiger charge is -2.22. The van der Waals surface area contributed by atoms with Crippen molar-refractivity contribution in [3.8, 4) is 0 Å². The number of benzene rings is 1. The minimum atomic E-state index is -3.54. The second-order valence-electron chi connectivity index (χ2n) is 7.62. The Bertz CT molecular complexity index is 951. The van der Waals surface area contributed by atoms with Crippen LogP contribution < -0.4 is 10.0 Å². The molecular formula is C20H25N5O3S. The van der Waals surface area contributed by atoms with Gasteiger partial charge in [0.1, 0.15) is 10.7 Å². The first-order valence-corrected chi connectivity index (χ1v) is 11.1. The first-order chi connectivity index (χ1) is 13.9. The third-order valence-corrected chi connectivity index (χ3v) is 7.05. The number of hydrogen-bond donors (Lipinski definition) is 2. The van der Waals surface area contributed by atoms with Crippen molar-refractivity contribution in [3.05, 3.63) is 54.2 Å². The van der Waals surface area contributed by atoms with E-state index in [0.717, 1.165) is 32.7 Å². The van der Waals surface area contributed by atoms with Gasteiger partial charge >= 0.3 is 6.03 Å². The number of carbonyl (C=O) groups excluding carboxylic acids is 1. The van der Waals surface area contributed by atoms with E-state index in [9.17, 15) is 13.2 Å². The Morgan fingerprint density at radius 2 is 1.76 bits per heavy atom. The Morgan fingerprint density at radius 3 is 2.34 bits per heavy atom. The smallest absolute Gasteiger partial charge is 0.323 e. The number of likely N-dealkylation sites (tertiary alicyclic amines) is 2. The average molecular weight is 416 g/mol. The van der Waals surface area contributed by atoms with Crippen LogP contribution in [0.25, 0.3) is 0 Å². The van der Waals surface area contributed by atoms with Gasteiger partial charge in [-0.25, -0.2) is 22.9 Å². The lowest BCUT2D eigenvalue weighted by Crippen LogP contribution is -2.36. The zero-order chi connectivity index (χ0) is 20.4. The van der Waals surface area contributed by atoms with E-state index in [-0.39, 0.29) is 10.9 Å². The quantitative estimate of drug-likeness (QED) is 0.773. The fourth-order valence-electron chi connectivity index (χ4n) is 4.15. The number of carbonyl (C=O) groups is 1. The van der Waals surface area contributed by atoms with Crippen molar-refractivity contribution >= 4 is 21.9 Å². The molecule has 2 N–H and O–H groups in total. The maximum absolute atomic E-state index is 12.6. The lowest BCUT2D eigenvalue weighted by molar-refractivity contribution is 0.212. The van der Waals surface area contributed by atoms with Crippen molar-refractivity contribution in [3.63, 3.8) is 0 Å². The number of pyridine rings is 1. The van der Waals surface area contributed by atoms with Crippen molar-refractivity contribution in [1.29, 1.82) is 0 Å². The minimum absolute atomic E-state index is 0.0622. The fraction of sp³-hybridized carbons (Fsp3) is 0.400. The van der Waals surface area contributed by atoms with Crippen molar-refractivity contribution in [2.24, 2.45) is 11.8 Å². The third-order valence-electron chi connectivity index (χ3n) is 5.65. The Kier molecular flexibility index (Phi) is 5.53. The van der Waals surface area contributed by atoms with Gasteiger partial charge in [0, 0.05) is 38.9 Å². The lowest BCUT2D eigenvalue weighted by atomic mass is 10.0. The standard InChI is InChI=1S/C20H25N5O3S/c1-21-29(27,28)18-7-8-19(22-9-18)23-20(26)25-13-16-11-24(12-17(16)14-25)10-15-5-3-2-4-6-15/h2-9,16-17,21H,10-14H2,1H3,(H,22,23,26)/t16-,17+. The van der Waals surface area contributed by atoms with E-state index in [0.29, 0.717) is 17.7 Å². The molecule has 1 aromatic heterocycles. The molecule has 0 spiro atoms. The molecule has 2 fully saturated rings. The number of rotatable bonds is 5. The van der Waals surface area contributed by atoms with Gasteiger partial charge < -0.3 is 4.90 Å². The SMILES string of the molecule is CNS(=O)(=O)c1ccc(NC(=O)N2C[C@H]3CN(Cc4ccccc4)C[C@H]3C2)nc1. The first-order valence-electron chi connectivity index (χ1n) is 9.66. The highest BCUT2D eigenvalue weighted by atomic mass is 32.2. The van der Waals surface area contributed by atoms with E-state index < -0.39 is 10.0 Å². The summed E-state index contributed by atoms with van der Waals surface area (Å²) in [4.78, 5) is 21.0. The van der Waals surface area contributed by atoms with Gasteiger partial charge in [-0.2, -0.15) is 0 Å². The molecule has 1 aromatic carbocycles. The number of nitrogens with zero attached hydrogens (tertiary/aromatic N) is 3. The Labute approximate surface area is 171 Å². The molecule has 2 aliphatic rings. The van der Waals surface area contributed by atoms with Crippen LogP contribution in [0.1, 0.15) is 5.56 Å². The van der Waals surface area contributed by atoms with Crippen LogP contribution in [-0.4, -0.2) is 62.5 Å². The Hall–Kier alpha value is -2.49. The zero-order valence-corrected chi connectivity index (χ0v) is 17.1. The molecule has 8 nitrogen and oxygen atoms in total. The molecule has 2 aromatic rings. The number of fused-ring (bicyclic) bond motifs is 1. The molecule has 2 saturated heterocycles. The number of sulfonamides is 1. The topological polar surface area (TPSA) is 94.6 Å². The van der Waals surface area contributed by atoms with Gasteiger partial charge in [0.25, 0.3) is 0 Å². The molecule has 0 radical (unpaired) electrons. The van der Waals surface area contributed by atoms with E-state index in [2.05, 4.69) is 44.2 Å². The van der Waals surface area contributed by atoms with Crippen LogP contribution in [0.15, 0.2) is 53.6 Å². The van der Waals surface area contributed by atoms with Crippen molar-refractivity contribution < 1.29 is 13.2 Å². The van der Waals surface area contributed by atoms with Gasteiger partial charge in [-0.3, -0.25) is 10.2 Å². The van der Waals surface area contributed by atoms with Gasteiger partial charge in [-0.1, -0.05) is 30.3 Å². The van der Waals surface area contributed by atoms with Crippen LogP contribution in [-0.2, 0) is 16.6 Å². The maximum Gasteiger partial charge on any atom is 0.323 e. The van der Waals surface area contributed by atoms with Crippen LogP contribution in [0.2, 0.25) is 0 Å². The molecule has 2 atom stereocenters. The molecular weight excluding hydrogens is 390 g/mol. The second kappa shape index (κ2) is 8.10. The summed E-state index contributed by atoms with van der Waals surface area (Å²) in [7, 11) is -2.19. The molecule has 4 rings (SSSR count). The van der Waals surface area contributed by atoms with Gasteiger partial charge in [-0.15, -0.1) is 0 Å². The van der Waals surface area contributed by atoms with Crippen molar-refractivity contribution in [1.82, 2.24) is 19.5 Å². The predicted molar refractivity (Wildman–Crippen MR) is 110 cm³/mol. The van der Waals surface area contributed by atoms with E-state index in [1.807, 2.05) is 11.0 Å². The largest absolute Gasteiger partial charge is 0.324 e. The number of anilines is 1. The summed E-state index contributed by atoms with van der Waals surface area (Å²) in [6.07, 6.45) is 1.24. The fourth-order valence-corrected chi connectivity index (χ4v) is 4.82. The monoisotopic (exact) mass is 415 g/mol. The molecule has 0 saturated carbocycles. The van der Waals surface area contributed by atoms with Crippen molar-refractivity contribution in [2.75, 3.05) is 38.5 Å². The summed E-state index contributed by atoms with van der Waals surface area (Å²) >= 11 is 0. The number of urea groups is 1. The average Bonchev–Trinajstić information content (AvgIpc) is 3.28. The number of nitrogens with one attached hydrogen (secondary N) is 2. The second-order valence-corrected chi connectivity index (χ2v) is 9.51.